The Balaban J connectivity index is 1.46. The van der Waals surface area contributed by atoms with Crippen molar-refractivity contribution in [3.8, 4) is 5.75 Å². The fourth-order valence-corrected chi connectivity index (χ4v) is 4.13. The van der Waals surface area contributed by atoms with Gasteiger partial charge in [0.1, 0.15) is 11.6 Å². The maximum absolute atomic E-state index is 13.1. The summed E-state index contributed by atoms with van der Waals surface area (Å²) in [7, 11) is 1.62. The van der Waals surface area contributed by atoms with Gasteiger partial charge in [0.25, 0.3) is 5.56 Å². The van der Waals surface area contributed by atoms with Gasteiger partial charge in [0.05, 0.1) is 24.6 Å². The summed E-state index contributed by atoms with van der Waals surface area (Å²) in [4.78, 5) is 35.6. The molecule has 2 heterocycles. The Bertz CT molecular complexity index is 1220. The molecule has 0 saturated carbocycles. The molecule has 4 rings (SSSR count). The van der Waals surface area contributed by atoms with E-state index in [1.807, 2.05) is 60.0 Å². The highest BCUT2D eigenvalue weighted by atomic mass is 32.1. The molecule has 1 N–H and O–H groups in total. The number of thiophene rings is 1. The van der Waals surface area contributed by atoms with Gasteiger partial charge in [0.2, 0.25) is 5.91 Å². The number of anilines is 1. The highest BCUT2D eigenvalue weighted by molar-refractivity contribution is 7.09. The number of benzene rings is 2. The molecule has 0 aliphatic rings. The van der Waals surface area contributed by atoms with Crippen molar-refractivity contribution in [3.05, 3.63) is 87.1 Å². The molecule has 6 nitrogen and oxygen atoms in total. The molecule has 0 unspecified atom stereocenters. The van der Waals surface area contributed by atoms with Crippen LogP contribution in [-0.2, 0) is 17.8 Å². The fraction of sp³-hybridized carbons (Fsp3) is 0.208. The van der Waals surface area contributed by atoms with Gasteiger partial charge in [-0.05, 0) is 54.3 Å². The van der Waals surface area contributed by atoms with Gasteiger partial charge in [-0.1, -0.05) is 18.2 Å². The number of rotatable bonds is 8. The first-order valence-electron chi connectivity index (χ1n) is 10.1. The molecule has 1 amide bonds. The monoisotopic (exact) mass is 433 g/mol. The molecule has 158 valence electrons. The lowest BCUT2D eigenvalue weighted by atomic mass is 10.1. The molecule has 0 aliphatic heterocycles. The lowest BCUT2D eigenvalue weighted by molar-refractivity contribution is -0.118. The minimum Gasteiger partial charge on any atom is -0.497 e. The number of carbonyl (C=O) groups excluding carboxylic acids is 1. The Morgan fingerprint density at radius 1 is 1.10 bits per heavy atom. The molecule has 0 aliphatic carbocycles. The first kappa shape index (κ1) is 20.8. The van der Waals surface area contributed by atoms with Crippen LogP contribution in [0.4, 0.5) is 5.69 Å². The summed E-state index contributed by atoms with van der Waals surface area (Å²) in [5.74, 6) is 1.38. The van der Waals surface area contributed by atoms with Gasteiger partial charge in [0.15, 0.2) is 0 Å². The smallest absolute Gasteiger partial charge is 0.258 e. The van der Waals surface area contributed by atoms with Crippen molar-refractivity contribution in [2.45, 2.75) is 25.8 Å². The van der Waals surface area contributed by atoms with Crippen molar-refractivity contribution < 1.29 is 9.53 Å². The van der Waals surface area contributed by atoms with E-state index in [0.717, 1.165) is 16.3 Å². The summed E-state index contributed by atoms with van der Waals surface area (Å²) in [5, 5.41) is 2.58. The Kier molecular flexibility index (Phi) is 6.43. The first-order valence-corrected chi connectivity index (χ1v) is 11.0. The molecule has 7 heteroatoms. The molecule has 31 heavy (non-hydrogen) atoms. The van der Waals surface area contributed by atoms with E-state index in [0.29, 0.717) is 42.5 Å². The molecule has 0 atom stereocenters. The number of aromatic nitrogens is 2. The van der Waals surface area contributed by atoms with E-state index in [1.54, 1.807) is 29.4 Å². The zero-order valence-electron chi connectivity index (χ0n) is 17.2. The Morgan fingerprint density at radius 2 is 1.90 bits per heavy atom. The second kappa shape index (κ2) is 9.57. The third-order valence-electron chi connectivity index (χ3n) is 5.05. The van der Waals surface area contributed by atoms with Crippen LogP contribution in [0.5, 0.6) is 5.75 Å². The summed E-state index contributed by atoms with van der Waals surface area (Å²) < 4.78 is 5.23. The van der Waals surface area contributed by atoms with Crippen LogP contribution in [0.15, 0.2) is 70.8 Å². The molecular weight excluding hydrogens is 410 g/mol. The van der Waals surface area contributed by atoms with Crippen LogP contribution in [0.3, 0.4) is 0 Å². The van der Waals surface area contributed by atoms with Crippen LogP contribution in [0, 0.1) is 0 Å². The molecule has 0 bridgehead atoms. The summed E-state index contributed by atoms with van der Waals surface area (Å²) in [5.41, 5.74) is 1.35. The number of amides is 1. The number of para-hydroxylation sites is 1. The predicted molar refractivity (Wildman–Crippen MR) is 124 cm³/mol. The van der Waals surface area contributed by atoms with Gasteiger partial charge in [-0.2, -0.15) is 0 Å². The second-order valence-electron chi connectivity index (χ2n) is 7.14. The van der Waals surface area contributed by atoms with Crippen LogP contribution in [0.2, 0.25) is 0 Å². The number of H-pyrrole nitrogens is 1. The highest BCUT2D eigenvalue weighted by Crippen LogP contribution is 2.24. The lowest BCUT2D eigenvalue weighted by Gasteiger charge is -2.22. The summed E-state index contributed by atoms with van der Waals surface area (Å²) in [6, 6.07) is 18.8. The number of methoxy groups -OCH3 is 1. The fourth-order valence-electron chi connectivity index (χ4n) is 3.44. The standard InChI is InChI=1S/C24H23N3O3S/c1-30-18-13-11-17(12-14-18)27(16-19-6-5-15-31-19)23(28)10-4-9-22-25-21-8-3-2-7-20(21)24(29)26-22/h2-3,5-8,11-15H,4,9-10,16H2,1H3,(H,25,26,29). The van der Waals surface area contributed by atoms with Crippen LogP contribution < -0.4 is 15.2 Å². The molecule has 4 aromatic rings. The maximum atomic E-state index is 13.1. The number of ether oxygens (including phenoxy) is 1. The van der Waals surface area contributed by atoms with E-state index in [9.17, 15) is 9.59 Å². The highest BCUT2D eigenvalue weighted by Gasteiger charge is 2.17. The number of hydrogen-bond donors (Lipinski definition) is 1. The summed E-state index contributed by atoms with van der Waals surface area (Å²) in [6.07, 6.45) is 1.48. The number of aryl methyl sites for hydroxylation is 1. The van der Waals surface area contributed by atoms with E-state index in [4.69, 9.17) is 4.74 Å². The van der Waals surface area contributed by atoms with Gasteiger partial charge in [-0.15, -0.1) is 11.3 Å². The predicted octanol–water partition coefficient (Wildman–Crippen LogP) is 4.55. The number of nitrogens with zero attached hydrogens (tertiary/aromatic N) is 2. The Morgan fingerprint density at radius 3 is 2.65 bits per heavy atom. The van der Waals surface area contributed by atoms with Gasteiger partial charge in [-0.25, -0.2) is 4.98 Å². The molecule has 0 spiro atoms. The molecule has 0 saturated heterocycles. The largest absolute Gasteiger partial charge is 0.497 e. The average Bonchev–Trinajstić information content (AvgIpc) is 3.31. The molecule has 0 radical (unpaired) electrons. The van der Waals surface area contributed by atoms with Gasteiger partial charge < -0.3 is 14.6 Å². The third kappa shape index (κ3) is 5.00. The van der Waals surface area contributed by atoms with E-state index >= 15 is 0 Å². The van der Waals surface area contributed by atoms with E-state index in [-0.39, 0.29) is 11.5 Å². The first-order chi connectivity index (χ1) is 15.1. The van der Waals surface area contributed by atoms with Crippen molar-refractivity contribution >= 4 is 33.8 Å². The molecule has 0 fully saturated rings. The van der Waals surface area contributed by atoms with Crippen LogP contribution in [-0.4, -0.2) is 23.0 Å². The summed E-state index contributed by atoms with van der Waals surface area (Å²) >= 11 is 1.63. The quantitative estimate of drug-likeness (QED) is 0.442. The van der Waals surface area contributed by atoms with Crippen LogP contribution in [0.25, 0.3) is 10.9 Å². The Hall–Kier alpha value is -3.45. The zero-order valence-corrected chi connectivity index (χ0v) is 18.0. The SMILES string of the molecule is COc1ccc(N(Cc2cccs2)C(=O)CCCc2nc3ccccc3c(=O)[nH]2)cc1. The maximum Gasteiger partial charge on any atom is 0.258 e. The van der Waals surface area contributed by atoms with Crippen molar-refractivity contribution in [1.29, 1.82) is 0 Å². The normalized spacial score (nSPS) is 10.9. The Labute approximate surface area is 184 Å². The third-order valence-corrected chi connectivity index (χ3v) is 5.91. The van der Waals surface area contributed by atoms with E-state index < -0.39 is 0 Å². The number of fused-ring (bicyclic) bond motifs is 1. The number of nitrogens with one attached hydrogen (secondary N) is 1. The van der Waals surface area contributed by atoms with Gasteiger partial charge in [-0.3, -0.25) is 9.59 Å². The van der Waals surface area contributed by atoms with Gasteiger partial charge in [0, 0.05) is 23.4 Å². The minimum absolute atomic E-state index is 0.0294. The minimum atomic E-state index is -0.149. The van der Waals surface area contributed by atoms with Gasteiger partial charge >= 0.3 is 0 Å². The molecule has 2 aromatic carbocycles. The zero-order chi connectivity index (χ0) is 21.6. The topological polar surface area (TPSA) is 75.3 Å². The number of aromatic amines is 1. The molecular formula is C24H23N3O3S. The van der Waals surface area contributed by atoms with Crippen molar-refractivity contribution in [2.75, 3.05) is 12.0 Å². The van der Waals surface area contributed by atoms with Crippen LogP contribution in [0.1, 0.15) is 23.5 Å². The number of carbonyl (C=O) groups is 1. The van der Waals surface area contributed by atoms with E-state index in [1.165, 1.54) is 0 Å². The van der Waals surface area contributed by atoms with E-state index in [2.05, 4.69) is 9.97 Å². The second-order valence-corrected chi connectivity index (χ2v) is 8.17. The van der Waals surface area contributed by atoms with Crippen molar-refractivity contribution in [1.82, 2.24) is 9.97 Å². The lowest BCUT2D eigenvalue weighted by Crippen LogP contribution is -2.30. The summed E-state index contributed by atoms with van der Waals surface area (Å²) in [6.45, 7) is 0.522. The molecule has 2 aromatic heterocycles. The number of hydrogen-bond acceptors (Lipinski definition) is 5. The van der Waals surface area contributed by atoms with Crippen LogP contribution >= 0.6 is 11.3 Å². The van der Waals surface area contributed by atoms with Crippen molar-refractivity contribution in [3.63, 3.8) is 0 Å². The average molecular weight is 434 g/mol. The van der Waals surface area contributed by atoms with Crippen molar-refractivity contribution in [2.24, 2.45) is 0 Å².